The van der Waals surface area contributed by atoms with Crippen LogP contribution in [0.1, 0.15) is 25.8 Å². The third-order valence-electron chi connectivity index (χ3n) is 3.28. The fraction of sp³-hybridized carbons (Fsp3) is 0.385. The third kappa shape index (κ3) is 3.47. The second kappa shape index (κ2) is 6.56. The summed E-state index contributed by atoms with van der Waals surface area (Å²) in [5.41, 5.74) is 5.55. The molecule has 0 aliphatic carbocycles. The van der Waals surface area contributed by atoms with E-state index >= 15 is 0 Å². The van der Waals surface area contributed by atoms with Gasteiger partial charge in [0.05, 0.1) is 0 Å². The Labute approximate surface area is 121 Å². The van der Waals surface area contributed by atoms with Crippen LogP contribution < -0.4 is 11.1 Å². The Morgan fingerprint density at radius 3 is 2.68 bits per heavy atom. The van der Waals surface area contributed by atoms with Crippen LogP contribution in [0, 0.1) is 5.41 Å². The zero-order valence-electron chi connectivity index (χ0n) is 11.0. The summed E-state index contributed by atoms with van der Waals surface area (Å²) in [5, 5.41) is 14.5. The number of rotatable bonds is 5. The van der Waals surface area contributed by atoms with Crippen molar-refractivity contribution in [2.24, 2.45) is 16.3 Å². The molecule has 5 nitrogen and oxygen atoms in total. The first-order valence-corrected chi connectivity index (χ1v) is 6.74. The molecule has 1 aromatic rings. The molecule has 1 atom stereocenters. The molecule has 0 aliphatic heterocycles. The quantitative estimate of drug-likeness (QED) is 0.335. The van der Waals surface area contributed by atoms with Crippen LogP contribution in [0.4, 0.5) is 0 Å². The molecule has 0 radical (unpaired) electrons. The van der Waals surface area contributed by atoms with E-state index in [2.05, 4.69) is 26.4 Å². The Balaban J connectivity index is 2.78. The second-order valence-corrected chi connectivity index (χ2v) is 5.30. The lowest BCUT2D eigenvalue weighted by molar-refractivity contribution is -0.127. The van der Waals surface area contributed by atoms with Gasteiger partial charge in [0.1, 0.15) is 5.41 Å². The predicted octanol–water partition coefficient (Wildman–Crippen LogP) is 2.23. The predicted molar refractivity (Wildman–Crippen MR) is 77.8 cm³/mol. The van der Waals surface area contributed by atoms with E-state index in [1.165, 1.54) is 0 Å². The van der Waals surface area contributed by atoms with Gasteiger partial charge in [0, 0.05) is 11.0 Å². The van der Waals surface area contributed by atoms with Gasteiger partial charge in [-0.3, -0.25) is 4.79 Å². The molecule has 0 aromatic heterocycles. The van der Waals surface area contributed by atoms with E-state index in [-0.39, 0.29) is 11.7 Å². The molecule has 1 aromatic carbocycles. The lowest BCUT2D eigenvalue weighted by Crippen LogP contribution is -2.47. The summed E-state index contributed by atoms with van der Waals surface area (Å²) < 4.78 is 0.928. The SMILES string of the molecule is CCC(C)(C(=O)NCc1ccccc1Br)/C(N)=N/O. The number of carbonyl (C=O) groups is 1. The van der Waals surface area contributed by atoms with Gasteiger partial charge in [-0.15, -0.1) is 0 Å². The van der Waals surface area contributed by atoms with Gasteiger partial charge in [0.15, 0.2) is 5.84 Å². The molecule has 6 heteroatoms. The monoisotopic (exact) mass is 327 g/mol. The molecule has 19 heavy (non-hydrogen) atoms. The zero-order valence-corrected chi connectivity index (χ0v) is 12.6. The first-order chi connectivity index (χ1) is 8.95. The smallest absolute Gasteiger partial charge is 0.233 e. The summed E-state index contributed by atoms with van der Waals surface area (Å²) in [6.07, 6.45) is 0.449. The molecule has 0 aliphatic rings. The zero-order chi connectivity index (χ0) is 14.5. The summed E-state index contributed by atoms with van der Waals surface area (Å²) in [4.78, 5) is 12.2. The highest BCUT2D eigenvalue weighted by Gasteiger charge is 2.36. The van der Waals surface area contributed by atoms with Crippen molar-refractivity contribution in [2.45, 2.75) is 26.8 Å². The van der Waals surface area contributed by atoms with Gasteiger partial charge in [0.25, 0.3) is 0 Å². The Hall–Kier alpha value is -1.56. The van der Waals surface area contributed by atoms with Crippen LogP contribution in [0.25, 0.3) is 0 Å². The number of amides is 1. The summed E-state index contributed by atoms with van der Waals surface area (Å²) in [6, 6.07) is 7.62. The van der Waals surface area contributed by atoms with Crippen LogP contribution in [-0.2, 0) is 11.3 Å². The van der Waals surface area contributed by atoms with Crippen molar-refractivity contribution in [1.82, 2.24) is 5.32 Å². The van der Waals surface area contributed by atoms with Crippen molar-refractivity contribution in [3.63, 3.8) is 0 Å². The van der Waals surface area contributed by atoms with Crippen LogP contribution >= 0.6 is 15.9 Å². The molecule has 0 saturated heterocycles. The maximum atomic E-state index is 12.2. The first-order valence-electron chi connectivity index (χ1n) is 5.95. The number of hydrogen-bond donors (Lipinski definition) is 3. The van der Waals surface area contributed by atoms with Gasteiger partial charge < -0.3 is 16.3 Å². The van der Waals surface area contributed by atoms with E-state index in [9.17, 15) is 4.79 Å². The fourth-order valence-electron chi connectivity index (χ4n) is 1.58. The van der Waals surface area contributed by atoms with Crippen molar-refractivity contribution in [3.8, 4) is 0 Å². The standard InChI is InChI=1S/C13H18BrN3O2/c1-3-13(2,11(15)17-19)12(18)16-8-9-6-4-5-7-10(9)14/h4-7,19H,3,8H2,1-2H3,(H2,15,17)(H,16,18). The Morgan fingerprint density at radius 1 is 1.53 bits per heavy atom. The number of halogens is 1. The highest BCUT2D eigenvalue weighted by Crippen LogP contribution is 2.22. The fourth-order valence-corrected chi connectivity index (χ4v) is 2.01. The van der Waals surface area contributed by atoms with Gasteiger partial charge >= 0.3 is 0 Å². The maximum absolute atomic E-state index is 12.2. The maximum Gasteiger partial charge on any atom is 0.233 e. The van der Waals surface area contributed by atoms with Gasteiger partial charge in [-0.2, -0.15) is 0 Å². The van der Waals surface area contributed by atoms with Gasteiger partial charge in [-0.1, -0.05) is 46.2 Å². The summed E-state index contributed by atoms with van der Waals surface area (Å²) in [5.74, 6) is -0.347. The number of hydrogen-bond acceptors (Lipinski definition) is 3. The number of nitrogens with zero attached hydrogens (tertiary/aromatic N) is 1. The topological polar surface area (TPSA) is 87.7 Å². The molecule has 4 N–H and O–H groups in total. The minimum atomic E-state index is -1.00. The minimum Gasteiger partial charge on any atom is -0.409 e. The molecule has 0 spiro atoms. The largest absolute Gasteiger partial charge is 0.409 e. The number of benzene rings is 1. The molecule has 104 valence electrons. The van der Waals surface area contributed by atoms with Gasteiger partial charge in [-0.05, 0) is 25.0 Å². The van der Waals surface area contributed by atoms with E-state index in [0.29, 0.717) is 13.0 Å². The van der Waals surface area contributed by atoms with Crippen LogP contribution in [0.3, 0.4) is 0 Å². The molecule has 0 fully saturated rings. The van der Waals surface area contributed by atoms with E-state index in [1.54, 1.807) is 6.92 Å². The minimum absolute atomic E-state index is 0.0837. The van der Waals surface area contributed by atoms with Crippen molar-refractivity contribution in [3.05, 3.63) is 34.3 Å². The molecule has 0 bridgehead atoms. The van der Waals surface area contributed by atoms with Gasteiger partial charge in [-0.25, -0.2) is 0 Å². The van der Waals surface area contributed by atoms with E-state index < -0.39 is 5.41 Å². The van der Waals surface area contributed by atoms with Gasteiger partial charge in [0.2, 0.25) is 5.91 Å². The van der Waals surface area contributed by atoms with Crippen molar-refractivity contribution in [2.75, 3.05) is 0 Å². The summed E-state index contributed by atoms with van der Waals surface area (Å²) in [7, 11) is 0. The lowest BCUT2D eigenvalue weighted by atomic mass is 9.85. The average Bonchev–Trinajstić information content (AvgIpc) is 2.44. The van der Waals surface area contributed by atoms with Crippen LogP contribution in [-0.4, -0.2) is 17.0 Å². The second-order valence-electron chi connectivity index (χ2n) is 4.44. The number of nitrogens with one attached hydrogen (secondary N) is 1. The first kappa shape index (κ1) is 15.5. The molecule has 1 rings (SSSR count). The van der Waals surface area contributed by atoms with Crippen molar-refractivity contribution < 1.29 is 10.0 Å². The van der Waals surface area contributed by atoms with E-state index in [0.717, 1.165) is 10.0 Å². The van der Waals surface area contributed by atoms with Crippen LogP contribution in [0.5, 0.6) is 0 Å². The normalized spacial score (nSPS) is 14.8. The molecular formula is C13H18BrN3O2. The van der Waals surface area contributed by atoms with Crippen molar-refractivity contribution in [1.29, 1.82) is 0 Å². The number of carbonyl (C=O) groups excluding carboxylic acids is 1. The molecule has 1 amide bonds. The van der Waals surface area contributed by atoms with Crippen molar-refractivity contribution >= 4 is 27.7 Å². The summed E-state index contributed by atoms with van der Waals surface area (Å²) in [6.45, 7) is 3.85. The van der Waals surface area contributed by atoms with E-state index in [4.69, 9.17) is 10.9 Å². The lowest BCUT2D eigenvalue weighted by Gasteiger charge is -2.25. The average molecular weight is 328 g/mol. The third-order valence-corrected chi connectivity index (χ3v) is 4.05. The molecule has 1 unspecified atom stereocenters. The molecule has 0 heterocycles. The molecular weight excluding hydrogens is 310 g/mol. The van der Waals surface area contributed by atoms with Crippen LogP contribution in [0.15, 0.2) is 33.9 Å². The van der Waals surface area contributed by atoms with Crippen LogP contribution in [0.2, 0.25) is 0 Å². The Bertz CT molecular complexity index is 491. The number of nitrogens with two attached hydrogens (primary N) is 1. The highest BCUT2D eigenvalue weighted by atomic mass is 79.9. The highest BCUT2D eigenvalue weighted by molar-refractivity contribution is 9.10. The Kier molecular flexibility index (Phi) is 5.35. The molecule has 0 saturated carbocycles. The van der Waals surface area contributed by atoms with E-state index in [1.807, 2.05) is 31.2 Å². The number of oxime groups is 1. The Morgan fingerprint density at radius 2 is 2.16 bits per heavy atom. The summed E-state index contributed by atoms with van der Waals surface area (Å²) >= 11 is 3.42. The number of amidine groups is 1.